The summed E-state index contributed by atoms with van der Waals surface area (Å²) in [5.41, 5.74) is 0.707. The first-order valence-electron chi connectivity index (χ1n) is 8.83. The number of rotatable bonds is 7. The van der Waals surface area contributed by atoms with Gasteiger partial charge >= 0.3 is 0 Å². The van der Waals surface area contributed by atoms with Gasteiger partial charge in [0.25, 0.3) is 17.4 Å². The van der Waals surface area contributed by atoms with E-state index in [0.29, 0.717) is 12.5 Å². The molecule has 0 spiro atoms. The maximum absolute atomic E-state index is 12.7. The summed E-state index contributed by atoms with van der Waals surface area (Å²) in [5.74, 6) is -0.502. The van der Waals surface area contributed by atoms with Gasteiger partial charge in [0.15, 0.2) is 0 Å². The zero-order valence-electron chi connectivity index (χ0n) is 15.4. The molecule has 2 N–H and O–H groups in total. The van der Waals surface area contributed by atoms with Gasteiger partial charge in [-0.1, -0.05) is 30.3 Å². The van der Waals surface area contributed by atoms with Crippen molar-refractivity contribution in [3.8, 4) is 0 Å². The zero-order valence-corrected chi connectivity index (χ0v) is 15.4. The quantitative estimate of drug-likeness (QED) is 0.763. The summed E-state index contributed by atoms with van der Waals surface area (Å²) in [6.45, 7) is 0.877. The summed E-state index contributed by atoms with van der Waals surface area (Å²) in [7, 11) is 3.09. The lowest BCUT2D eigenvalue weighted by atomic mass is 10.1. The van der Waals surface area contributed by atoms with Crippen molar-refractivity contribution in [2.24, 2.45) is 5.92 Å². The van der Waals surface area contributed by atoms with Crippen LogP contribution in [0.15, 0.2) is 47.4 Å². The zero-order chi connectivity index (χ0) is 19.4. The second-order valence-electron chi connectivity index (χ2n) is 6.67. The number of nitrogens with zero attached hydrogens (tertiary/aromatic N) is 1. The van der Waals surface area contributed by atoms with Gasteiger partial charge in [-0.05, 0) is 18.1 Å². The highest BCUT2D eigenvalue weighted by Gasteiger charge is 2.38. The fraction of sp³-hybridized carbons (Fsp3) is 0.350. The number of amides is 2. The van der Waals surface area contributed by atoms with Crippen LogP contribution in [0.3, 0.4) is 0 Å². The van der Waals surface area contributed by atoms with Gasteiger partial charge in [0.1, 0.15) is 5.56 Å². The van der Waals surface area contributed by atoms with Crippen molar-refractivity contribution < 1.29 is 14.3 Å². The molecule has 0 bridgehead atoms. The van der Waals surface area contributed by atoms with Crippen molar-refractivity contribution in [3.05, 3.63) is 69.6 Å². The molecule has 2 aromatic rings. The molecule has 142 valence electrons. The second kappa shape index (κ2) is 8.18. The maximum atomic E-state index is 12.7. The summed E-state index contributed by atoms with van der Waals surface area (Å²) in [5, 5.41) is 5.39. The number of carbonyl (C=O) groups is 2. The number of pyridine rings is 1. The first-order valence-corrected chi connectivity index (χ1v) is 8.83. The van der Waals surface area contributed by atoms with Crippen molar-refractivity contribution in [1.82, 2.24) is 15.2 Å². The molecule has 2 atom stereocenters. The molecule has 27 heavy (non-hydrogen) atoms. The van der Waals surface area contributed by atoms with Crippen LogP contribution in [-0.2, 0) is 11.3 Å². The number of methoxy groups -OCH3 is 1. The van der Waals surface area contributed by atoms with E-state index in [0.717, 1.165) is 12.0 Å². The van der Waals surface area contributed by atoms with Crippen molar-refractivity contribution in [1.29, 1.82) is 0 Å². The van der Waals surface area contributed by atoms with Crippen molar-refractivity contribution in [2.75, 3.05) is 20.8 Å². The number of hydrogen-bond acceptors (Lipinski definition) is 4. The van der Waals surface area contributed by atoms with E-state index >= 15 is 0 Å². The summed E-state index contributed by atoms with van der Waals surface area (Å²) in [4.78, 5) is 37.4. The summed E-state index contributed by atoms with van der Waals surface area (Å²) in [6, 6.07) is 10.8. The average Bonchev–Trinajstić information content (AvgIpc) is 3.41. The van der Waals surface area contributed by atoms with E-state index in [1.54, 1.807) is 7.11 Å². The molecule has 1 fully saturated rings. The Balaban J connectivity index is 1.89. The van der Waals surface area contributed by atoms with Crippen LogP contribution in [-0.4, -0.2) is 43.2 Å². The van der Waals surface area contributed by atoms with Crippen LogP contribution in [0.2, 0.25) is 0 Å². The predicted molar refractivity (Wildman–Crippen MR) is 101 cm³/mol. The SMILES string of the molecule is CNC(=O)c1cc(C(=O)N[C@@H]2C[C@H]2COC)cn(Cc2ccccc2)c1=O. The first kappa shape index (κ1) is 18.8. The standard InChI is InChI=1S/C20H23N3O4/c1-21-19(25)16-8-14(18(24)22-17-9-15(17)12-27-2)11-23(20(16)26)10-13-6-4-3-5-7-13/h3-8,11,15,17H,9-10,12H2,1-2H3,(H,21,25)(H,22,24)/t15-,17+/m0/s1. The smallest absolute Gasteiger partial charge is 0.263 e. The van der Waals surface area contributed by atoms with Crippen LogP contribution in [0.4, 0.5) is 0 Å². The van der Waals surface area contributed by atoms with Gasteiger partial charge in [-0.25, -0.2) is 0 Å². The Morgan fingerprint density at radius 2 is 1.96 bits per heavy atom. The maximum Gasteiger partial charge on any atom is 0.263 e. The molecule has 0 unspecified atom stereocenters. The van der Waals surface area contributed by atoms with Crippen LogP contribution in [0.5, 0.6) is 0 Å². The molecule has 0 aliphatic heterocycles. The summed E-state index contributed by atoms with van der Waals surface area (Å²) >= 11 is 0. The predicted octanol–water partition coefficient (Wildman–Crippen LogP) is 1.02. The Labute approximate surface area is 157 Å². The van der Waals surface area contributed by atoms with E-state index in [1.807, 2.05) is 30.3 Å². The summed E-state index contributed by atoms with van der Waals surface area (Å²) in [6.07, 6.45) is 2.37. The fourth-order valence-electron chi connectivity index (χ4n) is 3.03. The Bertz CT molecular complexity index is 892. The van der Waals surface area contributed by atoms with E-state index in [-0.39, 0.29) is 29.6 Å². The normalized spacial score (nSPS) is 18.0. The van der Waals surface area contributed by atoms with Crippen molar-refractivity contribution >= 4 is 11.8 Å². The highest BCUT2D eigenvalue weighted by Crippen LogP contribution is 2.30. The van der Waals surface area contributed by atoms with Gasteiger partial charge in [-0.15, -0.1) is 0 Å². The Kier molecular flexibility index (Phi) is 5.71. The molecule has 7 nitrogen and oxygen atoms in total. The van der Waals surface area contributed by atoms with E-state index in [1.165, 1.54) is 23.9 Å². The molecular formula is C20H23N3O4. The third kappa shape index (κ3) is 4.43. The van der Waals surface area contributed by atoms with Crippen LogP contribution in [0, 0.1) is 5.92 Å². The van der Waals surface area contributed by atoms with Crippen LogP contribution in [0.25, 0.3) is 0 Å². The van der Waals surface area contributed by atoms with Gasteiger partial charge in [0.05, 0.1) is 18.7 Å². The Hall–Kier alpha value is -2.93. The molecule has 0 saturated heterocycles. The van der Waals surface area contributed by atoms with Gasteiger partial charge in [0, 0.05) is 32.3 Å². The topological polar surface area (TPSA) is 89.4 Å². The Morgan fingerprint density at radius 1 is 1.22 bits per heavy atom. The minimum absolute atomic E-state index is 0.0506. The number of aromatic nitrogens is 1. The van der Waals surface area contributed by atoms with Crippen molar-refractivity contribution in [2.45, 2.75) is 19.0 Å². The number of ether oxygens (including phenoxy) is 1. The minimum Gasteiger partial charge on any atom is -0.384 e. The molecule has 2 amide bonds. The largest absolute Gasteiger partial charge is 0.384 e. The van der Waals surface area contributed by atoms with Crippen LogP contribution < -0.4 is 16.2 Å². The number of benzene rings is 1. The molecule has 3 rings (SSSR count). The average molecular weight is 369 g/mol. The molecule has 1 aromatic heterocycles. The first-order chi connectivity index (χ1) is 13.0. The molecule has 1 heterocycles. The second-order valence-corrected chi connectivity index (χ2v) is 6.67. The van der Waals surface area contributed by atoms with Crippen LogP contribution in [0.1, 0.15) is 32.7 Å². The van der Waals surface area contributed by atoms with E-state index < -0.39 is 11.5 Å². The molecule has 1 aromatic carbocycles. The molecule has 0 radical (unpaired) electrons. The lowest BCUT2D eigenvalue weighted by molar-refractivity contribution is 0.0944. The molecule has 1 aliphatic carbocycles. The lowest BCUT2D eigenvalue weighted by Crippen LogP contribution is -2.34. The third-order valence-corrected chi connectivity index (χ3v) is 4.64. The third-order valence-electron chi connectivity index (χ3n) is 4.64. The van der Waals surface area contributed by atoms with Gasteiger partial charge < -0.3 is 19.9 Å². The van der Waals surface area contributed by atoms with E-state index in [4.69, 9.17) is 4.74 Å². The fourth-order valence-corrected chi connectivity index (χ4v) is 3.03. The van der Waals surface area contributed by atoms with Crippen molar-refractivity contribution in [3.63, 3.8) is 0 Å². The number of nitrogens with one attached hydrogen (secondary N) is 2. The van der Waals surface area contributed by atoms with Gasteiger partial charge in [-0.2, -0.15) is 0 Å². The lowest BCUT2D eigenvalue weighted by Gasteiger charge is -2.12. The number of hydrogen-bond donors (Lipinski definition) is 2. The van der Waals surface area contributed by atoms with E-state index in [2.05, 4.69) is 10.6 Å². The van der Waals surface area contributed by atoms with Gasteiger partial charge in [-0.3, -0.25) is 14.4 Å². The van der Waals surface area contributed by atoms with Gasteiger partial charge in [0.2, 0.25) is 0 Å². The summed E-state index contributed by atoms with van der Waals surface area (Å²) < 4.78 is 6.50. The molecular weight excluding hydrogens is 346 g/mol. The molecule has 1 aliphatic rings. The highest BCUT2D eigenvalue weighted by atomic mass is 16.5. The monoisotopic (exact) mass is 369 g/mol. The number of carbonyl (C=O) groups excluding carboxylic acids is 2. The molecule has 1 saturated carbocycles. The highest BCUT2D eigenvalue weighted by molar-refractivity contribution is 5.99. The molecule has 7 heteroatoms. The minimum atomic E-state index is -0.514. The van der Waals surface area contributed by atoms with E-state index in [9.17, 15) is 14.4 Å². The Morgan fingerprint density at radius 3 is 2.63 bits per heavy atom. The van der Waals surface area contributed by atoms with Crippen LogP contribution >= 0.6 is 0 Å².